The van der Waals surface area contributed by atoms with Crippen LogP contribution in [0.2, 0.25) is 10.0 Å². The SMILES string of the molecule is O=C(Cc1cc(C(F)(F)F)cc(C(F)(F)F)c1)NCC(c1cccc(Cl)c1Cl)N1CCN(C2CCCCC2)CC1. The number of hydrogen-bond acceptors (Lipinski definition) is 3. The third-order valence-corrected chi connectivity index (χ3v) is 8.56. The second-order valence-corrected chi connectivity index (χ2v) is 11.2. The van der Waals surface area contributed by atoms with E-state index in [-0.39, 0.29) is 24.2 Å². The van der Waals surface area contributed by atoms with Gasteiger partial charge in [0.1, 0.15) is 0 Å². The van der Waals surface area contributed by atoms with E-state index in [1.807, 2.05) is 0 Å². The van der Waals surface area contributed by atoms with Gasteiger partial charge in [0.15, 0.2) is 0 Å². The molecule has 0 aromatic heterocycles. The molecule has 2 fully saturated rings. The number of nitrogens with zero attached hydrogens (tertiary/aromatic N) is 2. The first-order valence-electron chi connectivity index (χ1n) is 13.3. The summed E-state index contributed by atoms with van der Waals surface area (Å²) < 4.78 is 79.4. The van der Waals surface area contributed by atoms with E-state index in [0.29, 0.717) is 46.9 Å². The number of amides is 1. The number of rotatable bonds is 7. The van der Waals surface area contributed by atoms with Crippen LogP contribution in [0.25, 0.3) is 0 Å². The average Bonchev–Trinajstić information content (AvgIpc) is 2.91. The molecule has 2 aromatic rings. The normalized spacial score (nSPS) is 19.0. The van der Waals surface area contributed by atoms with Crippen molar-refractivity contribution in [1.82, 2.24) is 15.1 Å². The Balaban J connectivity index is 1.48. The molecule has 40 heavy (non-hydrogen) atoms. The molecule has 220 valence electrons. The van der Waals surface area contributed by atoms with Crippen LogP contribution >= 0.6 is 23.2 Å². The van der Waals surface area contributed by atoms with Gasteiger partial charge in [0.05, 0.1) is 33.6 Å². The fraction of sp³-hybridized carbons (Fsp3) is 0.536. The van der Waals surface area contributed by atoms with E-state index in [1.165, 1.54) is 32.1 Å². The Morgan fingerprint density at radius 2 is 1.50 bits per heavy atom. The first-order valence-corrected chi connectivity index (χ1v) is 14.1. The summed E-state index contributed by atoms with van der Waals surface area (Å²) in [5.41, 5.74) is -2.59. The predicted octanol–water partition coefficient (Wildman–Crippen LogP) is 7.38. The van der Waals surface area contributed by atoms with Gasteiger partial charge in [0.2, 0.25) is 5.91 Å². The van der Waals surface area contributed by atoms with Gasteiger partial charge >= 0.3 is 12.4 Å². The molecule has 4 nitrogen and oxygen atoms in total. The van der Waals surface area contributed by atoms with Crippen LogP contribution in [0.1, 0.15) is 60.4 Å². The average molecular weight is 610 g/mol. The van der Waals surface area contributed by atoms with Crippen LogP contribution < -0.4 is 5.32 Å². The molecule has 1 N–H and O–H groups in total. The van der Waals surface area contributed by atoms with Crippen LogP contribution in [-0.2, 0) is 23.6 Å². The number of alkyl halides is 6. The fourth-order valence-electron chi connectivity index (χ4n) is 5.65. The largest absolute Gasteiger partial charge is 0.416 e. The first kappa shape index (κ1) is 30.9. The Morgan fingerprint density at radius 3 is 2.08 bits per heavy atom. The van der Waals surface area contributed by atoms with Gasteiger partial charge in [-0.15, -0.1) is 0 Å². The minimum absolute atomic E-state index is 0.0472. The highest BCUT2D eigenvalue weighted by Crippen LogP contribution is 2.37. The third-order valence-electron chi connectivity index (χ3n) is 7.73. The molecule has 1 saturated heterocycles. The van der Waals surface area contributed by atoms with Crippen LogP contribution in [0.15, 0.2) is 36.4 Å². The molecule has 1 aliphatic carbocycles. The van der Waals surface area contributed by atoms with Crippen molar-refractivity contribution in [1.29, 1.82) is 0 Å². The summed E-state index contributed by atoms with van der Waals surface area (Å²) in [6.07, 6.45) is -4.51. The third kappa shape index (κ3) is 7.84. The molecule has 1 heterocycles. The Labute approximate surface area is 239 Å². The predicted molar refractivity (Wildman–Crippen MR) is 142 cm³/mol. The molecule has 12 heteroatoms. The van der Waals surface area contributed by atoms with E-state index in [4.69, 9.17) is 23.2 Å². The lowest BCUT2D eigenvalue weighted by atomic mass is 9.93. The Bertz CT molecular complexity index is 1140. The highest BCUT2D eigenvalue weighted by atomic mass is 35.5. The zero-order valence-electron chi connectivity index (χ0n) is 21.7. The minimum atomic E-state index is -4.99. The van der Waals surface area contributed by atoms with Crippen molar-refractivity contribution in [3.05, 3.63) is 68.7 Å². The van der Waals surface area contributed by atoms with Gasteiger partial charge in [-0.1, -0.05) is 54.6 Å². The monoisotopic (exact) mass is 609 g/mol. The zero-order valence-corrected chi connectivity index (χ0v) is 23.2. The Morgan fingerprint density at radius 1 is 0.900 bits per heavy atom. The summed E-state index contributed by atoms with van der Waals surface area (Å²) in [5.74, 6) is -0.698. The van der Waals surface area contributed by atoms with Crippen molar-refractivity contribution in [3.8, 4) is 0 Å². The van der Waals surface area contributed by atoms with E-state index < -0.39 is 35.8 Å². The van der Waals surface area contributed by atoms with Gasteiger partial charge in [0, 0.05) is 38.8 Å². The number of carbonyl (C=O) groups excluding carboxylic acids is 1. The molecule has 0 radical (unpaired) electrons. The molecule has 0 bridgehead atoms. The smallest absolute Gasteiger partial charge is 0.354 e. The summed E-state index contributed by atoms with van der Waals surface area (Å²) >= 11 is 12.8. The maximum absolute atomic E-state index is 13.2. The highest BCUT2D eigenvalue weighted by molar-refractivity contribution is 6.42. The van der Waals surface area contributed by atoms with E-state index >= 15 is 0 Å². The number of carbonyl (C=O) groups is 1. The second-order valence-electron chi connectivity index (χ2n) is 10.4. The molecule has 4 rings (SSSR count). The topological polar surface area (TPSA) is 35.6 Å². The fourth-order valence-corrected chi connectivity index (χ4v) is 6.09. The molecule has 1 amide bonds. The van der Waals surface area contributed by atoms with Crippen LogP contribution in [-0.4, -0.2) is 54.5 Å². The van der Waals surface area contributed by atoms with Gasteiger partial charge in [-0.3, -0.25) is 14.6 Å². The quantitative estimate of drug-likeness (QED) is 0.333. The number of piperazine rings is 1. The lowest BCUT2D eigenvalue weighted by Crippen LogP contribution is -2.53. The van der Waals surface area contributed by atoms with Gasteiger partial charge in [0.25, 0.3) is 0 Å². The van der Waals surface area contributed by atoms with Gasteiger partial charge in [-0.25, -0.2) is 0 Å². The number of nitrogens with one attached hydrogen (secondary N) is 1. The molecule has 2 aliphatic rings. The molecule has 1 saturated carbocycles. The van der Waals surface area contributed by atoms with E-state index in [2.05, 4.69) is 15.1 Å². The van der Waals surface area contributed by atoms with Gasteiger partial charge < -0.3 is 5.32 Å². The van der Waals surface area contributed by atoms with Crippen molar-refractivity contribution < 1.29 is 31.1 Å². The van der Waals surface area contributed by atoms with Gasteiger partial charge in [-0.2, -0.15) is 26.3 Å². The van der Waals surface area contributed by atoms with E-state index in [1.54, 1.807) is 18.2 Å². The van der Waals surface area contributed by atoms with Gasteiger partial charge in [-0.05, 0) is 48.2 Å². The van der Waals surface area contributed by atoms with Crippen molar-refractivity contribution >= 4 is 29.1 Å². The minimum Gasteiger partial charge on any atom is -0.354 e. The highest BCUT2D eigenvalue weighted by Gasteiger charge is 2.37. The molecule has 1 unspecified atom stereocenters. The molecule has 1 aliphatic heterocycles. The van der Waals surface area contributed by atoms with Crippen LogP contribution in [0, 0.1) is 0 Å². The van der Waals surface area contributed by atoms with Crippen LogP contribution in [0.4, 0.5) is 26.3 Å². The molecular formula is C28H31Cl2F6N3O. The summed E-state index contributed by atoms with van der Waals surface area (Å²) in [4.78, 5) is 17.5. The number of benzene rings is 2. The zero-order chi connectivity index (χ0) is 29.1. The summed E-state index contributed by atoms with van der Waals surface area (Å²) in [6, 6.07) is 6.59. The Kier molecular flexibility index (Phi) is 9.96. The molecular weight excluding hydrogens is 579 g/mol. The maximum atomic E-state index is 13.2. The van der Waals surface area contributed by atoms with Crippen molar-refractivity contribution in [2.24, 2.45) is 0 Å². The van der Waals surface area contributed by atoms with E-state index in [9.17, 15) is 31.1 Å². The molecule has 2 aromatic carbocycles. The number of halogens is 8. The second kappa shape index (κ2) is 12.9. The van der Waals surface area contributed by atoms with Crippen molar-refractivity contribution in [2.75, 3.05) is 32.7 Å². The Hall–Kier alpha value is -2.01. The summed E-state index contributed by atoms with van der Waals surface area (Å²) in [7, 11) is 0. The maximum Gasteiger partial charge on any atom is 0.416 e. The van der Waals surface area contributed by atoms with Crippen molar-refractivity contribution in [2.45, 2.75) is 63.0 Å². The summed E-state index contributed by atoms with van der Waals surface area (Å²) in [6.45, 7) is 3.17. The first-order chi connectivity index (χ1) is 18.8. The lowest BCUT2D eigenvalue weighted by molar-refractivity contribution is -0.143. The number of hydrogen-bond donors (Lipinski definition) is 1. The van der Waals surface area contributed by atoms with E-state index in [0.717, 1.165) is 13.1 Å². The van der Waals surface area contributed by atoms with Crippen molar-refractivity contribution in [3.63, 3.8) is 0 Å². The standard InChI is InChI=1S/C28H31Cl2F6N3O/c29-23-8-4-7-22(26(23)30)24(39-11-9-38(10-12-39)21-5-2-1-3-6-21)17-37-25(40)15-18-13-19(27(31,32)33)16-20(14-18)28(34,35)36/h4,7-8,13-14,16,21,24H,1-3,5-6,9-12,15,17H2,(H,37,40). The molecule has 1 atom stereocenters. The molecule has 0 spiro atoms. The lowest BCUT2D eigenvalue weighted by Gasteiger charge is -2.43. The van der Waals surface area contributed by atoms with Crippen LogP contribution in [0.3, 0.4) is 0 Å². The summed E-state index contributed by atoms with van der Waals surface area (Å²) in [5, 5.41) is 3.39. The van der Waals surface area contributed by atoms with Crippen LogP contribution in [0.5, 0.6) is 0 Å².